The Kier molecular flexibility index (Phi) is 7.06. The van der Waals surface area contributed by atoms with Gasteiger partial charge in [0.25, 0.3) is 0 Å². The Morgan fingerprint density at radius 1 is 0.706 bits per heavy atom. The molecule has 0 aromatic heterocycles. The molecule has 34 heavy (non-hydrogen) atoms. The lowest BCUT2D eigenvalue weighted by Gasteiger charge is -2.42. The molecule has 1 aromatic rings. The summed E-state index contributed by atoms with van der Waals surface area (Å²) < 4.78 is 198. The van der Waals surface area contributed by atoms with Crippen molar-refractivity contribution in [2.24, 2.45) is 0 Å². The van der Waals surface area contributed by atoms with Crippen LogP contribution in [0.3, 0.4) is 0 Å². The predicted octanol–water partition coefficient (Wildman–Crippen LogP) is 6.53. The minimum Gasteiger partial charge on any atom is -0.385 e. The Bertz CT molecular complexity index is 943. The highest BCUT2D eigenvalue weighted by atomic mass is 19.4. The van der Waals surface area contributed by atoms with Crippen LogP contribution in [0.4, 0.5) is 65.9 Å². The van der Waals surface area contributed by atoms with Crippen LogP contribution in [-0.4, -0.2) is 46.8 Å². The van der Waals surface area contributed by atoms with E-state index in [0.717, 1.165) is 12.1 Å². The van der Waals surface area contributed by atoms with Crippen LogP contribution in [0, 0.1) is 11.3 Å². The van der Waals surface area contributed by atoms with E-state index in [1.807, 2.05) is 0 Å². The van der Waals surface area contributed by atoms with Crippen molar-refractivity contribution in [2.45, 2.75) is 60.7 Å². The molecule has 1 atom stereocenters. The van der Waals surface area contributed by atoms with E-state index in [2.05, 4.69) is 0 Å². The lowest BCUT2D eigenvalue weighted by atomic mass is 9.83. The summed E-state index contributed by atoms with van der Waals surface area (Å²) in [5.41, 5.74) is -4.62. The number of benzene rings is 1. The summed E-state index contributed by atoms with van der Waals surface area (Å²) in [4.78, 5) is 0. The van der Waals surface area contributed by atoms with Gasteiger partial charge in [-0.1, -0.05) is 12.1 Å². The molecule has 0 radical (unpaired) electrons. The van der Waals surface area contributed by atoms with Crippen LogP contribution < -0.4 is 0 Å². The maximum atomic E-state index is 14.1. The van der Waals surface area contributed by atoms with E-state index in [-0.39, 0.29) is 6.92 Å². The van der Waals surface area contributed by atoms with Gasteiger partial charge >= 0.3 is 41.7 Å². The zero-order chi connectivity index (χ0) is 27.4. The van der Waals surface area contributed by atoms with Gasteiger partial charge in [0.1, 0.15) is 0 Å². The highest BCUT2D eigenvalue weighted by molar-refractivity contribution is 5.35. The second-order valence-corrected chi connectivity index (χ2v) is 7.22. The molecular formula is C17H10F15NO. The molecule has 0 heterocycles. The zero-order valence-corrected chi connectivity index (χ0v) is 16.1. The van der Waals surface area contributed by atoms with Crippen LogP contribution in [0.2, 0.25) is 0 Å². The number of hydrogen-bond donors (Lipinski definition) is 1. The minimum absolute atomic E-state index is 0.232. The highest BCUT2D eigenvalue weighted by Crippen LogP contribution is 2.63. The van der Waals surface area contributed by atoms with Crippen molar-refractivity contribution < 1.29 is 71.0 Å². The number of halogens is 15. The highest BCUT2D eigenvalue weighted by Gasteiger charge is 2.93. The Labute approximate surface area is 179 Å². The second-order valence-electron chi connectivity index (χ2n) is 7.22. The van der Waals surface area contributed by atoms with E-state index >= 15 is 0 Å². The molecule has 0 aliphatic carbocycles. The fourth-order valence-corrected chi connectivity index (χ4v) is 2.57. The first-order valence-electron chi connectivity index (χ1n) is 8.31. The molecule has 0 aliphatic heterocycles. The minimum atomic E-state index is -8.39. The van der Waals surface area contributed by atoms with Crippen LogP contribution >= 0.6 is 0 Å². The van der Waals surface area contributed by atoms with Crippen LogP contribution in [0.25, 0.3) is 0 Å². The summed E-state index contributed by atoms with van der Waals surface area (Å²) in [5.74, 6) is -47.3. The van der Waals surface area contributed by atoms with Crippen molar-refractivity contribution in [2.75, 3.05) is 0 Å². The van der Waals surface area contributed by atoms with E-state index in [0.29, 0.717) is 12.1 Å². The number of hydrogen-bond acceptors (Lipinski definition) is 2. The van der Waals surface area contributed by atoms with Crippen LogP contribution in [0.15, 0.2) is 24.3 Å². The summed E-state index contributed by atoms with van der Waals surface area (Å²) in [6.07, 6.45) is -10.6. The zero-order valence-electron chi connectivity index (χ0n) is 16.1. The normalized spacial score (nSPS) is 16.7. The van der Waals surface area contributed by atoms with Crippen molar-refractivity contribution in [3.63, 3.8) is 0 Å². The van der Waals surface area contributed by atoms with Crippen molar-refractivity contribution in [1.82, 2.24) is 0 Å². The standard InChI is InChI=1S/C17H10F15NO/c1-10(34,9-4-2-3-8(5-9)6-33)7-11(18,19)12(20,21)13(22,23)14(24,25)15(26,27)16(28,29)17(30,31)32/h2-5,34H,7H2,1H3. The van der Waals surface area contributed by atoms with Crippen molar-refractivity contribution in [1.29, 1.82) is 5.26 Å². The molecule has 0 bridgehead atoms. The molecule has 0 aliphatic rings. The molecular weight excluding hydrogens is 519 g/mol. The fraction of sp³-hybridized carbons (Fsp3) is 0.588. The third kappa shape index (κ3) is 4.24. The molecule has 2 nitrogen and oxygen atoms in total. The van der Waals surface area contributed by atoms with Crippen LogP contribution in [0.5, 0.6) is 0 Å². The largest absolute Gasteiger partial charge is 0.460 e. The molecule has 0 spiro atoms. The first-order valence-corrected chi connectivity index (χ1v) is 8.31. The van der Waals surface area contributed by atoms with Gasteiger partial charge in [0.2, 0.25) is 0 Å². The van der Waals surface area contributed by atoms with Gasteiger partial charge in [-0.15, -0.1) is 0 Å². The SMILES string of the molecule is CC(O)(CC(F)(F)C(F)(F)C(F)(F)C(F)(F)C(F)(F)C(F)(F)C(F)(F)F)c1cccc(C#N)c1. The maximum Gasteiger partial charge on any atom is 0.460 e. The molecule has 1 aromatic carbocycles. The average molecular weight is 529 g/mol. The van der Waals surface area contributed by atoms with Gasteiger partial charge in [0.05, 0.1) is 23.7 Å². The van der Waals surface area contributed by atoms with E-state index in [1.54, 1.807) is 0 Å². The number of aliphatic hydroxyl groups is 1. The average Bonchev–Trinajstić information content (AvgIpc) is 2.65. The van der Waals surface area contributed by atoms with Crippen molar-refractivity contribution >= 4 is 0 Å². The third-order valence-corrected chi connectivity index (χ3v) is 4.57. The van der Waals surface area contributed by atoms with Crippen molar-refractivity contribution in [3.8, 4) is 6.07 Å². The molecule has 0 saturated heterocycles. The van der Waals surface area contributed by atoms with Gasteiger partial charge in [-0.3, -0.25) is 0 Å². The lowest BCUT2D eigenvalue weighted by molar-refractivity contribution is -0.453. The van der Waals surface area contributed by atoms with E-state index in [4.69, 9.17) is 5.26 Å². The lowest BCUT2D eigenvalue weighted by Crippen LogP contribution is -2.72. The van der Waals surface area contributed by atoms with Gasteiger partial charge in [-0.25, -0.2) is 0 Å². The first-order chi connectivity index (χ1) is 14.7. The molecule has 17 heteroatoms. The molecule has 0 amide bonds. The van der Waals surface area contributed by atoms with Gasteiger partial charge in [-0.05, 0) is 24.6 Å². The fourth-order valence-electron chi connectivity index (χ4n) is 2.57. The van der Waals surface area contributed by atoms with Crippen molar-refractivity contribution in [3.05, 3.63) is 35.4 Å². The summed E-state index contributed by atoms with van der Waals surface area (Å²) >= 11 is 0. The van der Waals surface area contributed by atoms with Crippen LogP contribution in [0.1, 0.15) is 24.5 Å². The predicted molar refractivity (Wildman–Crippen MR) is 81.1 cm³/mol. The third-order valence-electron chi connectivity index (χ3n) is 4.57. The topological polar surface area (TPSA) is 44.0 Å². The molecule has 0 saturated carbocycles. The van der Waals surface area contributed by atoms with Gasteiger partial charge in [-0.2, -0.15) is 71.1 Å². The summed E-state index contributed by atoms with van der Waals surface area (Å²) in [6.45, 7) is 0.232. The van der Waals surface area contributed by atoms with E-state index in [1.165, 1.54) is 6.07 Å². The van der Waals surface area contributed by atoms with E-state index in [9.17, 15) is 71.0 Å². The Morgan fingerprint density at radius 2 is 1.12 bits per heavy atom. The summed E-state index contributed by atoms with van der Waals surface area (Å²) in [5, 5.41) is 18.7. The molecule has 194 valence electrons. The smallest absolute Gasteiger partial charge is 0.385 e. The Morgan fingerprint density at radius 3 is 1.53 bits per heavy atom. The van der Waals surface area contributed by atoms with Gasteiger partial charge in [0, 0.05) is 0 Å². The van der Waals surface area contributed by atoms with Gasteiger partial charge in [0.15, 0.2) is 0 Å². The first kappa shape index (κ1) is 29.7. The number of alkyl halides is 15. The second kappa shape index (κ2) is 8.09. The van der Waals surface area contributed by atoms with Gasteiger partial charge < -0.3 is 5.11 Å². The summed E-state index contributed by atoms with van der Waals surface area (Å²) in [7, 11) is 0. The number of rotatable bonds is 8. The maximum absolute atomic E-state index is 14.1. The molecule has 1 N–H and O–H groups in total. The van der Waals surface area contributed by atoms with E-state index < -0.39 is 64.9 Å². The Hall–Kier alpha value is -2.38. The Balaban J connectivity index is 3.55. The van der Waals surface area contributed by atoms with Crippen LogP contribution in [-0.2, 0) is 5.60 Å². The summed E-state index contributed by atoms with van der Waals surface area (Å²) in [6, 6.07) is 4.52. The monoisotopic (exact) mass is 529 g/mol. The quantitative estimate of drug-likeness (QED) is 0.390. The number of nitriles is 1. The molecule has 1 rings (SSSR count). The molecule has 0 fully saturated rings. The number of nitrogens with zero attached hydrogens (tertiary/aromatic N) is 1. The molecule has 1 unspecified atom stereocenters.